The van der Waals surface area contributed by atoms with E-state index in [2.05, 4.69) is 5.32 Å². The summed E-state index contributed by atoms with van der Waals surface area (Å²) in [6.45, 7) is -0.398. The molecule has 0 radical (unpaired) electrons. The zero-order valence-corrected chi connectivity index (χ0v) is 13.5. The lowest BCUT2D eigenvalue weighted by atomic mass is 9.96. The first-order valence-electron chi connectivity index (χ1n) is 7.84. The number of nitro groups is 1. The number of hydrogen-bond donors (Lipinski definition) is 1. The Bertz CT molecular complexity index is 639. The fraction of sp³-hybridized carbons (Fsp3) is 0.600. The minimum absolute atomic E-state index is 0.0734. The van der Waals surface area contributed by atoms with Crippen molar-refractivity contribution >= 4 is 11.4 Å². The Morgan fingerprint density at radius 3 is 2.27 bits per heavy atom. The van der Waals surface area contributed by atoms with Gasteiger partial charge >= 0.3 is 12.4 Å². The highest BCUT2D eigenvalue weighted by Crippen LogP contribution is 2.37. The Morgan fingerprint density at radius 2 is 1.77 bits per heavy atom. The van der Waals surface area contributed by atoms with E-state index in [1.54, 1.807) is 0 Å². The van der Waals surface area contributed by atoms with Gasteiger partial charge in [-0.1, -0.05) is 0 Å². The Labute approximate surface area is 145 Å². The van der Waals surface area contributed by atoms with Gasteiger partial charge in [-0.25, -0.2) is 0 Å². The molecule has 0 aliphatic carbocycles. The van der Waals surface area contributed by atoms with E-state index in [9.17, 15) is 36.5 Å². The highest BCUT2D eigenvalue weighted by atomic mass is 19.4. The van der Waals surface area contributed by atoms with Crippen molar-refractivity contribution in [1.29, 1.82) is 0 Å². The zero-order valence-electron chi connectivity index (χ0n) is 13.5. The fourth-order valence-electron chi connectivity index (χ4n) is 2.89. The predicted octanol–water partition coefficient (Wildman–Crippen LogP) is 4.30. The van der Waals surface area contributed by atoms with E-state index in [1.807, 2.05) is 0 Å². The van der Waals surface area contributed by atoms with Gasteiger partial charge in [0.05, 0.1) is 17.0 Å². The van der Waals surface area contributed by atoms with Gasteiger partial charge in [-0.05, 0) is 37.9 Å². The molecule has 0 amide bonds. The predicted molar refractivity (Wildman–Crippen MR) is 81.8 cm³/mol. The van der Waals surface area contributed by atoms with E-state index in [1.165, 1.54) is 4.90 Å². The summed E-state index contributed by atoms with van der Waals surface area (Å²) >= 11 is 0. The number of benzene rings is 1. The molecule has 0 unspecified atom stereocenters. The Balaban J connectivity index is 1.97. The van der Waals surface area contributed by atoms with Gasteiger partial charge in [0.25, 0.3) is 5.69 Å². The van der Waals surface area contributed by atoms with Crippen LogP contribution in [0.1, 0.15) is 18.4 Å². The molecule has 1 saturated heterocycles. The topological polar surface area (TPSA) is 58.4 Å². The highest BCUT2D eigenvalue weighted by molar-refractivity contribution is 5.57. The second-order valence-corrected chi connectivity index (χ2v) is 6.20. The van der Waals surface area contributed by atoms with Crippen molar-refractivity contribution in [2.45, 2.75) is 25.2 Å². The summed E-state index contributed by atoms with van der Waals surface area (Å²) in [5.41, 5.74) is -2.08. The van der Waals surface area contributed by atoms with E-state index in [0.29, 0.717) is 18.9 Å². The molecule has 1 N–H and O–H groups in total. The third-order valence-corrected chi connectivity index (χ3v) is 4.21. The molecular formula is C15H17F6N3O2. The number of piperidine rings is 1. The summed E-state index contributed by atoms with van der Waals surface area (Å²) in [6, 6.07) is 2.44. The van der Waals surface area contributed by atoms with Crippen LogP contribution in [0.15, 0.2) is 18.2 Å². The largest absolute Gasteiger partial charge is 0.418 e. The van der Waals surface area contributed by atoms with Crippen molar-refractivity contribution in [1.82, 2.24) is 4.90 Å². The van der Waals surface area contributed by atoms with Crippen LogP contribution in [0.2, 0.25) is 0 Å². The summed E-state index contributed by atoms with van der Waals surface area (Å²) in [4.78, 5) is 11.0. The lowest BCUT2D eigenvalue weighted by Crippen LogP contribution is -2.41. The molecule has 1 aliphatic rings. The van der Waals surface area contributed by atoms with Crippen molar-refractivity contribution in [3.05, 3.63) is 33.9 Å². The van der Waals surface area contributed by atoms with Gasteiger partial charge in [-0.3, -0.25) is 15.0 Å². The summed E-state index contributed by atoms with van der Waals surface area (Å²) in [5, 5.41) is 13.3. The van der Waals surface area contributed by atoms with Crippen molar-refractivity contribution < 1.29 is 31.3 Å². The number of non-ortho nitro benzene ring substituents is 1. The maximum Gasteiger partial charge on any atom is 0.418 e. The number of likely N-dealkylation sites (tertiary alicyclic amines) is 1. The zero-order chi connectivity index (χ0) is 19.5. The Morgan fingerprint density at radius 1 is 1.15 bits per heavy atom. The van der Waals surface area contributed by atoms with E-state index >= 15 is 0 Å². The van der Waals surface area contributed by atoms with Crippen LogP contribution < -0.4 is 5.32 Å². The van der Waals surface area contributed by atoms with Crippen molar-refractivity contribution in [3.63, 3.8) is 0 Å². The lowest BCUT2D eigenvalue weighted by molar-refractivity contribution is -0.385. The molecule has 0 bridgehead atoms. The summed E-state index contributed by atoms with van der Waals surface area (Å²) in [6.07, 6.45) is -8.18. The number of nitrogens with zero attached hydrogens (tertiary/aromatic N) is 2. The van der Waals surface area contributed by atoms with Gasteiger partial charge < -0.3 is 5.32 Å². The standard InChI is InChI=1S/C15H17F6N3O2/c16-14(17,18)9-23-5-3-10(4-6-23)8-22-13-2-1-11(24(25)26)7-12(13)15(19,20)21/h1-2,7,10,22H,3-6,8-9H2. The van der Waals surface area contributed by atoms with Crippen LogP contribution in [0.25, 0.3) is 0 Å². The van der Waals surface area contributed by atoms with E-state index in [-0.39, 0.29) is 31.2 Å². The van der Waals surface area contributed by atoms with Crippen LogP contribution >= 0.6 is 0 Å². The van der Waals surface area contributed by atoms with E-state index in [0.717, 1.165) is 12.1 Å². The third-order valence-electron chi connectivity index (χ3n) is 4.21. The van der Waals surface area contributed by atoms with Crippen LogP contribution in [0, 0.1) is 16.0 Å². The molecule has 2 rings (SSSR count). The SMILES string of the molecule is O=[N+]([O-])c1ccc(NCC2CCN(CC(F)(F)F)CC2)c(C(F)(F)F)c1. The number of alkyl halides is 6. The normalized spacial score (nSPS) is 17.3. The monoisotopic (exact) mass is 385 g/mol. The molecule has 1 aromatic rings. The smallest absolute Gasteiger partial charge is 0.384 e. The molecule has 0 aromatic heterocycles. The average Bonchev–Trinajstić information content (AvgIpc) is 2.51. The third kappa shape index (κ3) is 5.75. The maximum absolute atomic E-state index is 13.1. The molecule has 1 aliphatic heterocycles. The molecule has 5 nitrogen and oxygen atoms in total. The van der Waals surface area contributed by atoms with Gasteiger partial charge in [-0.2, -0.15) is 26.3 Å². The van der Waals surface area contributed by atoms with Gasteiger partial charge in [-0.15, -0.1) is 0 Å². The molecule has 0 atom stereocenters. The number of rotatable bonds is 5. The number of halogens is 6. The minimum Gasteiger partial charge on any atom is -0.384 e. The molecular weight excluding hydrogens is 368 g/mol. The van der Waals surface area contributed by atoms with Crippen LogP contribution in [-0.2, 0) is 6.18 Å². The van der Waals surface area contributed by atoms with E-state index < -0.39 is 35.1 Å². The molecule has 1 fully saturated rings. The Kier molecular flexibility index (Phi) is 5.99. The van der Waals surface area contributed by atoms with Crippen molar-refractivity contribution in [2.24, 2.45) is 5.92 Å². The lowest BCUT2D eigenvalue weighted by Gasteiger charge is -2.32. The van der Waals surface area contributed by atoms with Crippen LogP contribution in [0.4, 0.5) is 37.7 Å². The highest BCUT2D eigenvalue weighted by Gasteiger charge is 2.36. The first-order chi connectivity index (χ1) is 12.0. The maximum atomic E-state index is 13.1. The van der Waals surface area contributed by atoms with Gasteiger partial charge in [0.15, 0.2) is 0 Å². The molecule has 11 heteroatoms. The van der Waals surface area contributed by atoms with Crippen LogP contribution in [-0.4, -0.2) is 42.2 Å². The summed E-state index contributed by atoms with van der Waals surface area (Å²) in [5.74, 6) is -0.0734. The first-order valence-corrected chi connectivity index (χ1v) is 7.84. The number of nitrogens with one attached hydrogen (secondary N) is 1. The summed E-state index contributed by atoms with van der Waals surface area (Å²) < 4.78 is 76.3. The van der Waals surface area contributed by atoms with Crippen molar-refractivity contribution in [2.75, 3.05) is 31.5 Å². The summed E-state index contributed by atoms with van der Waals surface area (Å²) in [7, 11) is 0. The Hall–Kier alpha value is -2.04. The molecule has 0 spiro atoms. The first kappa shape index (κ1) is 20.3. The molecule has 1 aromatic carbocycles. The van der Waals surface area contributed by atoms with E-state index in [4.69, 9.17) is 0 Å². The molecule has 26 heavy (non-hydrogen) atoms. The average molecular weight is 385 g/mol. The molecule has 146 valence electrons. The molecule has 0 saturated carbocycles. The van der Waals surface area contributed by atoms with Crippen LogP contribution in [0.5, 0.6) is 0 Å². The molecule has 1 heterocycles. The van der Waals surface area contributed by atoms with Crippen molar-refractivity contribution in [3.8, 4) is 0 Å². The van der Waals surface area contributed by atoms with Gasteiger partial charge in [0.1, 0.15) is 0 Å². The quantitative estimate of drug-likeness (QED) is 0.467. The minimum atomic E-state index is -4.76. The van der Waals surface area contributed by atoms with Gasteiger partial charge in [0, 0.05) is 24.4 Å². The number of anilines is 1. The second kappa shape index (κ2) is 7.68. The number of hydrogen-bond acceptors (Lipinski definition) is 4. The van der Waals surface area contributed by atoms with Crippen LogP contribution in [0.3, 0.4) is 0 Å². The second-order valence-electron chi connectivity index (χ2n) is 6.20. The van der Waals surface area contributed by atoms with Gasteiger partial charge in [0.2, 0.25) is 0 Å². The fourth-order valence-corrected chi connectivity index (χ4v) is 2.89. The number of nitro benzene ring substituents is 1.